The van der Waals surface area contributed by atoms with E-state index in [0.29, 0.717) is 19.0 Å². The Labute approximate surface area is 176 Å². The number of piperazine rings is 1. The van der Waals surface area contributed by atoms with Crippen molar-refractivity contribution >= 4 is 22.6 Å². The molecule has 7 nitrogen and oxygen atoms in total. The van der Waals surface area contributed by atoms with Gasteiger partial charge < -0.3 is 14.5 Å². The van der Waals surface area contributed by atoms with E-state index in [9.17, 15) is 4.79 Å². The lowest BCUT2D eigenvalue weighted by molar-refractivity contribution is 0.0748. The number of nitrogens with zero attached hydrogens (tertiary/aromatic N) is 5. The third kappa shape index (κ3) is 3.18. The first kappa shape index (κ1) is 18.9. The van der Waals surface area contributed by atoms with E-state index < -0.39 is 0 Å². The van der Waals surface area contributed by atoms with Gasteiger partial charge in [0.25, 0.3) is 5.91 Å². The number of rotatable bonds is 4. The number of hydrogen-bond acceptors (Lipinski definition) is 5. The summed E-state index contributed by atoms with van der Waals surface area (Å²) < 4.78 is 7.31. The summed E-state index contributed by atoms with van der Waals surface area (Å²) in [6.45, 7) is 4.87. The van der Waals surface area contributed by atoms with Gasteiger partial charge in [-0.2, -0.15) is 5.10 Å². The normalized spacial score (nSPS) is 16.9. The lowest BCUT2D eigenvalue weighted by Gasteiger charge is -2.36. The highest BCUT2D eigenvalue weighted by Crippen LogP contribution is 2.40. The zero-order valence-electron chi connectivity index (χ0n) is 17.8. The highest BCUT2D eigenvalue weighted by molar-refractivity contribution is 6.06. The number of benzene rings is 1. The molecular formula is C23H27N5O2. The van der Waals surface area contributed by atoms with Gasteiger partial charge in [0.2, 0.25) is 0 Å². The molecule has 7 heteroatoms. The molecule has 2 aromatic heterocycles. The molecule has 0 N–H and O–H groups in total. The van der Waals surface area contributed by atoms with E-state index in [2.05, 4.69) is 16.1 Å². The van der Waals surface area contributed by atoms with Gasteiger partial charge >= 0.3 is 0 Å². The van der Waals surface area contributed by atoms with Crippen molar-refractivity contribution in [1.82, 2.24) is 19.7 Å². The van der Waals surface area contributed by atoms with Crippen LogP contribution in [0.1, 0.15) is 40.5 Å². The van der Waals surface area contributed by atoms with Crippen molar-refractivity contribution in [3.05, 3.63) is 47.3 Å². The Kier molecular flexibility index (Phi) is 4.60. The van der Waals surface area contributed by atoms with Crippen LogP contribution in [0.15, 0.2) is 30.3 Å². The molecule has 5 rings (SSSR count). The topological polar surface area (TPSA) is 63.5 Å². The maximum atomic E-state index is 13.6. The molecule has 0 radical (unpaired) electrons. The molecule has 1 aromatic carbocycles. The van der Waals surface area contributed by atoms with Gasteiger partial charge in [0.1, 0.15) is 5.75 Å². The third-order valence-electron chi connectivity index (χ3n) is 6.21. The molecule has 1 aliphatic heterocycles. The van der Waals surface area contributed by atoms with Crippen LogP contribution in [0.4, 0.5) is 5.69 Å². The van der Waals surface area contributed by atoms with Crippen molar-refractivity contribution in [1.29, 1.82) is 0 Å². The van der Waals surface area contributed by atoms with E-state index in [4.69, 9.17) is 9.72 Å². The number of aryl methyl sites for hydroxylation is 2. The van der Waals surface area contributed by atoms with E-state index in [1.807, 2.05) is 43.1 Å². The number of aromatic nitrogens is 3. The zero-order valence-corrected chi connectivity index (χ0v) is 17.8. The lowest BCUT2D eigenvalue weighted by Crippen LogP contribution is -2.49. The second kappa shape index (κ2) is 7.31. The van der Waals surface area contributed by atoms with Gasteiger partial charge in [0, 0.05) is 44.8 Å². The Morgan fingerprint density at radius 2 is 1.87 bits per heavy atom. The predicted molar refractivity (Wildman–Crippen MR) is 116 cm³/mol. The largest absolute Gasteiger partial charge is 0.495 e. The van der Waals surface area contributed by atoms with Crippen LogP contribution in [-0.2, 0) is 7.05 Å². The number of hydrogen-bond donors (Lipinski definition) is 0. The van der Waals surface area contributed by atoms with Crippen LogP contribution in [0.25, 0.3) is 11.0 Å². The number of carbonyl (C=O) groups is 1. The van der Waals surface area contributed by atoms with Crippen molar-refractivity contribution in [2.24, 2.45) is 7.05 Å². The molecule has 0 spiro atoms. The lowest BCUT2D eigenvalue weighted by atomic mass is 10.1. The summed E-state index contributed by atoms with van der Waals surface area (Å²) in [6.07, 6.45) is 2.31. The Hall–Kier alpha value is -3.09. The van der Waals surface area contributed by atoms with E-state index in [0.717, 1.165) is 65.4 Å². The smallest absolute Gasteiger partial charge is 0.254 e. The molecule has 0 bridgehead atoms. The molecule has 0 unspecified atom stereocenters. The number of para-hydroxylation sites is 2. The highest BCUT2D eigenvalue weighted by atomic mass is 16.5. The molecule has 3 aromatic rings. The fourth-order valence-corrected chi connectivity index (χ4v) is 4.43. The molecule has 3 heterocycles. The fourth-order valence-electron chi connectivity index (χ4n) is 4.43. The van der Waals surface area contributed by atoms with Crippen LogP contribution < -0.4 is 9.64 Å². The first-order valence-corrected chi connectivity index (χ1v) is 10.6. The van der Waals surface area contributed by atoms with Crippen molar-refractivity contribution < 1.29 is 9.53 Å². The summed E-state index contributed by atoms with van der Waals surface area (Å²) in [5.41, 5.74) is 4.53. The summed E-state index contributed by atoms with van der Waals surface area (Å²) in [7, 11) is 3.60. The monoisotopic (exact) mass is 405 g/mol. The number of anilines is 1. The quantitative estimate of drug-likeness (QED) is 0.667. The summed E-state index contributed by atoms with van der Waals surface area (Å²) >= 11 is 0. The third-order valence-corrected chi connectivity index (χ3v) is 6.21. The van der Waals surface area contributed by atoms with Gasteiger partial charge in [-0.15, -0.1) is 0 Å². The van der Waals surface area contributed by atoms with E-state index in [1.54, 1.807) is 11.8 Å². The molecule has 2 aliphatic rings. The predicted octanol–water partition coefficient (Wildman–Crippen LogP) is 3.13. The first-order valence-electron chi connectivity index (χ1n) is 10.6. The van der Waals surface area contributed by atoms with Crippen molar-refractivity contribution in [2.75, 3.05) is 38.2 Å². The standard InChI is InChI=1S/C23H27N5O2/c1-15-21-17(14-18(16-8-9-16)24-22(21)26(2)25-15)23(29)28-12-10-27(11-13-28)19-6-4-5-7-20(19)30-3/h4-7,14,16H,8-13H2,1-3H3. The van der Waals surface area contributed by atoms with Crippen molar-refractivity contribution in [3.8, 4) is 5.75 Å². The highest BCUT2D eigenvalue weighted by Gasteiger charge is 2.31. The molecule has 1 amide bonds. The number of ether oxygens (including phenoxy) is 1. The van der Waals surface area contributed by atoms with Crippen LogP contribution >= 0.6 is 0 Å². The number of amides is 1. The van der Waals surface area contributed by atoms with Gasteiger partial charge in [0.15, 0.2) is 5.65 Å². The maximum absolute atomic E-state index is 13.6. The Balaban J connectivity index is 1.41. The molecule has 1 aliphatic carbocycles. The average Bonchev–Trinajstić information content (AvgIpc) is 3.59. The summed E-state index contributed by atoms with van der Waals surface area (Å²) in [5, 5.41) is 5.42. The number of methoxy groups -OCH3 is 1. The van der Waals surface area contributed by atoms with Crippen LogP contribution in [0.3, 0.4) is 0 Å². The van der Waals surface area contributed by atoms with Gasteiger partial charge in [-0.3, -0.25) is 9.48 Å². The van der Waals surface area contributed by atoms with Crippen molar-refractivity contribution in [3.63, 3.8) is 0 Å². The van der Waals surface area contributed by atoms with Crippen LogP contribution in [-0.4, -0.2) is 58.9 Å². The van der Waals surface area contributed by atoms with E-state index >= 15 is 0 Å². The summed E-state index contributed by atoms with van der Waals surface area (Å²) in [5.74, 6) is 1.44. The summed E-state index contributed by atoms with van der Waals surface area (Å²) in [6, 6.07) is 10.1. The second-order valence-electron chi connectivity index (χ2n) is 8.23. The minimum absolute atomic E-state index is 0.0834. The van der Waals surface area contributed by atoms with Crippen LogP contribution in [0, 0.1) is 6.92 Å². The maximum Gasteiger partial charge on any atom is 0.254 e. The molecule has 1 saturated carbocycles. The van der Waals surface area contributed by atoms with Gasteiger partial charge in [-0.25, -0.2) is 4.98 Å². The summed E-state index contributed by atoms with van der Waals surface area (Å²) in [4.78, 5) is 22.6. The number of pyridine rings is 1. The molecule has 1 saturated heterocycles. The average molecular weight is 406 g/mol. The first-order chi connectivity index (χ1) is 14.6. The Morgan fingerprint density at radius 1 is 1.13 bits per heavy atom. The SMILES string of the molecule is COc1ccccc1N1CCN(C(=O)c2cc(C3CC3)nc3c2c(C)nn3C)CC1. The molecule has 2 fully saturated rings. The number of carbonyl (C=O) groups excluding carboxylic acids is 1. The molecule has 156 valence electrons. The van der Waals surface area contributed by atoms with Gasteiger partial charge in [-0.05, 0) is 38.0 Å². The molecular weight excluding hydrogens is 378 g/mol. The minimum atomic E-state index is 0.0834. The van der Waals surface area contributed by atoms with Crippen LogP contribution in [0.5, 0.6) is 5.75 Å². The molecule has 0 atom stereocenters. The molecule has 30 heavy (non-hydrogen) atoms. The van der Waals surface area contributed by atoms with Crippen molar-refractivity contribution in [2.45, 2.75) is 25.7 Å². The van der Waals surface area contributed by atoms with Crippen LogP contribution in [0.2, 0.25) is 0 Å². The minimum Gasteiger partial charge on any atom is -0.495 e. The second-order valence-corrected chi connectivity index (χ2v) is 8.23. The Bertz CT molecular complexity index is 1110. The van der Waals surface area contributed by atoms with Gasteiger partial charge in [0.05, 0.1) is 29.4 Å². The Morgan fingerprint density at radius 3 is 2.57 bits per heavy atom. The zero-order chi connectivity index (χ0) is 20.8. The van der Waals surface area contributed by atoms with Gasteiger partial charge in [-0.1, -0.05) is 12.1 Å². The fraction of sp³-hybridized carbons (Fsp3) is 0.435. The van der Waals surface area contributed by atoms with E-state index in [1.165, 1.54) is 0 Å². The van der Waals surface area contributed by atoms with E-state index in [-0.39, 0.29) is 5.91 Å². The number of fused-ring (bicyclic) bond motifs is 1.